The van der Waals surface area contributed by atoms with Crippen molar-refractivity contribution in [2.75, 3.05) is 6.61 Å². The van der Waals surface area contributed by atoms with Crippen LogP contribution in [0.25, 0.3) is 0 Å². The number of nitrogens with zero attached hydrogens (tertiary/aromatic N) is 2. The van der Waals surface area contributed by atoms with E-state index in [0.29, 0.717) is 30.1 Å². The van der Waals surface area contributed by atoms with Crippen LogP contribution in [0.15, 0.2) is 0 Å². The summed E-state index contributed by atoms with van der Waals surface area (Å²) in [7, 11) is 0. The molecule has 6 nitrogen and oxygen atoms in total. The monoisotopic (exact) mass is 320 g/mol. The standard InChI is InChI=1S/C17H24N2O4/c1-6-22-16(21)15-14-11(7-10-9(2)13(10)14)19(18-15)8-12(20)23-17(3,4)5/h9-10,13H,6-8H2,1-5H3. The molecule has 2 aliphatic rings. The van der Waals surface area contributed by atoms with Gasteiger partial charge in [-0.15, -0.1) is 0 Å². The topological polar surface area (TPSA) is 70.4 Å². The maximum absolute atomic E-state index is 12.2. The van der Waals surface area contributed by atoms with E-state index in [4.69, 9.17) is 9.47 Å². The summed E-state index contributed by atoms with van der Waals surface area (Å²) in [4.78, 5) is 24.3. The summed E-state index contributed by atoms with van der Waals surface area (Å²) in [6.07, 6.45) is 0.871. The van der Waals surface area contributed by atoms with Crippen molar-refractivity contribution in [2.24, 2.45) is 11.8 Å². The molecule has 0 saturated heterocycles. The molecule has 23 heavy (non-hydrogen) atoms. The first-order valence-electron chi connectivity index (χ1n) is 8.21. The number of hydrogen-bond acceptors (Lipinski definition) is 5. The largest absolute Gasteiger partial charge is 0.461 e. The van der Waals surface area contributed by atoms with Crippen LogP contribution in [0.1, 0.15) is 62.3 Å². The third-order valence-electron chi connectivity index (χ3n) is 4.59. The van der Waals surface area contributed by atoms with Crippen molar-refractivity contribution in [1.82, 2.24) is 9.78 Å². The number of ether oxygens (including phenoxy) is 2. The van der Waals surface area contributed by atoms with E-state index in [1.807, 2.05) is 20.8 Å². The predicted molar refractivity (Wildman–Crippen MR) is 83.1 cm³/mol. The molecule has 0 N–H and O–H groups in total. The zero-order valence-corrected chi connectivity index (χ0v) is 14.4. The lowest BCUT2D eigenvalue weighted by molar-refractivity contribution is -0.155. The van der Waals surface area contributed by atoms with E-state index >= 15 is 0 Å². The molecule has 1 aromatic heterocycles. The Kier molecular flexibility index (Phi) is 3.73. The highest BCUT2D eigenvalue weighted by molar-refractivity contribution is 5.90. The van der Waals surface area contributed by atoms with Crippen molar-refractivity contribution in [3.05, 3.63) is 17.0 Å². The highest BCUT2D eigenvalue weighted by Crippen LogP contribution is 2.62. The molecule has 0 aliphatic heterocycles. The average Bonchev–Trinajstić information content (AvgIpc) is 2.79. The molecule has 2 aliphatic carbocycles. The molecule has 6 heteroatoms. The Hall–Kier alpha value is -1.85. The Morgan fingerprint density at radius 1 is 1.35 bits per heavy atom. The summed E-state index contributed by atoms with van der Waals surface area (Å²) >= 11 is 0. The molecule has 1 saturated carbocycles. The summed E-state index contributed by atoms with van der Waals surface area (Å²) in [5.41, 5.74) is 1.83. The molecule has 1 heterocycles. The Balaban J connectivity index is 1.86. The normalized spacial score (nSPS) is 24.8. The second kappa shape index (κ2) is 5.35. The van der Waals surface area contributed by atoms with Crippen molar-refractivity contribution in [1.29, 1.82) is 0 Å². The minimum atomic E-state index is -0.534. The van der Waals surface area contributed by atoms with E-state index in [1.54, 1.807) is 11.6 Å². The summed E-state index contributed by atoms with van der Waals surface area (Å²) in [5, 5.41) is 4.37. The van der Waals surface area contributed by atoms with E-state index in [1.165, 1.54) is 0 Å². The van der Waals surface area contributed by atoms with Crippen molar-refractivity contribution >= 4 is 11.9 Å². The molecule has 1 fully saturated rings. The quantitative estimate of drug-likeness (QED) is 0.796. The lowest BCUT2D eigenvalue weighted by atomic mass is 10.1. The Morgan fingerprint density at radius 3 is 2.65 bits per heavy atom. The van der Waals surface area contributed by atoms with Crippen LogP contribution < -0.4 is 0 Å². The Labute approximate surface area is 136 Å². The van der Waals surface area contributed by atoms with E-state index in [9.17, 15) is 9.59 Å². The van der Waals surface area contributed by atoms with E-state index < -0.39 is 11.6 Å². The molecule has 3 rings (SSSR count). The van der Waals surface area contributed by atoms with Crippen molar-refractivity contribution < 1.29 is 19.1 Å². The number of carbonyl (C=O) groups is 2. The molecule has 3 unspecified atom stereocenters. The molecular formula is C17H24N2O4. The van der Waals surface area contributed by atoms with Gasteiger partial charge >= 0.3 is 11.9 Å². The zero-order valence-electron chi connectivity index (χ0n) is 14.4. The molecule has 1 aromatic rings. The highest BCUT2D eigenvalue weighted by atomic mass is 16.6. The minimum Gasteiger partial charge on any atom is -0.461 e. The first-order valence-corrected chi connectivity index (χ1v) is 8.21. The second-order valence-corrected chi connectivity index (χ2v) is 7.43. The number of hydrogen-bond donors (Lipinski definition) is 0. The van der Waals surface area contributed by atoms with Crippen molar-refractivity contribution in [3.63, 3.8) is 0 Å². The summed E-state index contributed by atoms with van der Waals surface area (Å²) in [6.45, 7) is 9.82. The second-order valence-electron chi connectivity index (χ2n) is 7.43. The van der Waals surface area contributed by atoms with Crippen LogP contribution in [-0.4, -0.2) is 33.9 Å². The van der Waals surface area contributed by atoms with E-state index in [2.05, 4.69) is 12.0 Å². The predicted octanol–water partition coefficient (Wildman–Crippen LogP) is 2.31. The van der Waals surface area contributed by atoms with Gasteiger partial charge in [-0.2, -0.15) is 5.10 Å². The molecular weight excluding hydrogens is 296 g/mol. The van der Waals surface area contributed by atoms with Crippen molar-refractivity contribution in [2.45, 2.75) is 59.1 Å². The molecule has 3 atom stereocenters. The highest BCUT2D eigenvalue weighted by Gasteiger charge is 2.56. The first-order chi connectivity index (χ1) is 10.7. The summed E-state index contributed by atoms with van der Waals surface area (Å²) < 4.78 is 12.1. The van der Waals surface area contributed by atoms with Crippen LogP contribution in [0.4, 0.5) is 0 Å². The molecule has 0 bridgehead atoms. The van der Waals surface area contributed by atoms with Crippen molar-refractivity contribution in [3.8, 4) is 0 Å². The number of carbonyl (C=O) groups excluding carboxylic acids is 2. The van der Waals surface area contributed by atoms with Gasteiger partial charge in [0.1, 0.15) is 12.1 Å². The zero-order chi connectivity index (χ0) is 16.9. The molecule has 126 valence electrons. The van der Waals surface area contributed by atoms with Gasteiger partial charge in [-0.25, -0.2) is 4.79 Å². The third kappa shape index (κ3) is 2.86. The van der Waals surface area contributed by atoms with Crippen LogP contribution in [0.3, 0.4) is 0 Å². The maximum atomic E-state index is 12.2. The van der Waals surface area contributed by atoms with Gasteiger partial charge in [0, 0.05) is 11.3 Å². The van der Waals surface area contributed by atoms with E-state index in [0.717, 1.165) is 17.7 Å². The number of esters is 2. The van der Waals surface area contributed by atoms with Gasteiger partial charge in [-0.3, -0.25) is 9.48 Å². The Morgan fingerprint density at radius 2 is 2.04 bits per heavy atom. The minimum absolute atomic E-state index is 0.0346. The van der Waals surface area contributed by atoms with Gasteiger partial charge in [0.05, 0.1) is 6.61 Å². The lowest BCUT2D eigenvalue weighted by Crippen LogP contribution is -2.27. The third-order valence-corrected chi connectivity index (χ3v) is 4.59. The van der Waals surface area contributed by atoms with Crippen LogP contribution in [0, 0.1) is 11.8 Å². The molecule has 0 amide bonds. The van der Waals surface area contributed by atoms with Gasteiger partial charge in [0.15, 0.2) is 5.69 Å². The number of fused-ring (bicyclic) bond motifs is 3. The average molecular weight is 320 g/mol. The van der Waals surface area contributed by atoms with Crippen LogP contribution in [0.5, 0.6) is 0 Å². The molecule has 0 spiro atoms. The summed E-state index contributed by atoms with van der Waals surface area (Å²) in [5.74, 6) is 0.797. The first kappa shape index (κ1) is 16.0. The smallest absolute Gasteiger partial charge is 0.359 e. The van der Waals surface area contributed by atoms with Gasteiger partial charge in [-0.1, -0.05) is 6.92 Å². The lowest BCUT2D eigenvalue weighted by Gasteiger charge is -2.19. The van der Waals surface area contributed by atoms with Crippen LogP contribution in [-0.2, 0) is 27.2 Å². The Bertz CT molecular complexity index is 656. The van der Waals surface area contributed by atoms with Gasteiger partial charge in [0.2, 0.25) is 0 Å². The van der Waals surface area contributed by atoms with Gasteiger partial charge < -0.3 is 9.47 Å². The van der Waals surface area contributed by atoms with Gasteiger partial charge in [-0.05, 0) is 51.9 Å². The maximum Gasteiger partial charge on any atom is 0.359 e. The van der Waals surface area contributed by atoms with Crippen LogP contribution >= 0.6 is 0 Å². The van der Waals surface area contributed by atoms with E-state index in [-0.39, 0.29) is 12.5 Å². The number of rotatable bonds is 4. The SMILES string of the molecule is CCOC(=O)c1nn(CC(=O)OC(C)(C)C)c2c1C1C(C)C1C2. The van der Waals surface area contributed by atoms with Crippen LogP contribution in [0.2, 0.25) is 0 Å². The molecule has 0 radical (unpaired) electrons. The fourth-order valence-electron chi connectivity index (χ4n) is 3.61. The van der Waals surface area contributed by atoms with Gasteiger partial charge in [0.25, 0.3) is 0 Å². The number of aromatic nitrogens is 2. The fraction of sp³-hybridized carbons (Fsp3) is 0.706. The molecule has 0 aromatic carbocycles. The fourth-order valence-corrected chi connectivity index (χ4v) is 3.61. The summed E-state index contributed by atoms with van der Waals surface area (Å²) in [6, 6.07) is 0.